The summed E-state index contributed by atoms with van der Waals surface area (Å²) in [6, 6.07) is 0.838. The van der Waals surface area contributed by atoms with Crippen LogP contribution in [0, 0.1) is 17.5 Å². The lowest BCUT2D eigenvalue weighted by Gasteiger charge is -2.09. The summed E-state index contributed by atoms with van der Waals surface area (Å²) in [5.74, 6) is -6.91. The topological polar surface area (TPSA) is 111 Å². The number of aromatic amines is 1. The van der Waals surface area contributed by atoms with E-state index < -0.39 is 63.8 Å². The van der Waals surface area contributed by atoms with Crippen molar-refractivity contribution in [2.24, 2.45) is 0 Å². The molecule has 1 aromatic heterocycles. The van der Waals surface area contributed by atoms with Crippen molar-refractivity contribution in [2.45, 2.75) is 6.54 Å². The maximum atomic E-state index is 13.6. The Hall–Kier alpha value is -3.89. The summed E-state index contributed by atoms with van der Waals surface area (Å²) in [5.41, 5.74) is -3.36. The van der Waals surface area contributed by atoms with Crippen LogP contribution < -0.4 is 16.1 Å². The highest BCUT2D eigenvalue weighted by atomic mass is 19.1. The van der Waals surface area contributed by atoms with E-state index in [9.17, 15) is 37.1 Å². The number of halogens is 4. The first-order valence-corrected chi connectivity index (χ1v) is 7.79. The third-order valence-electron chi connectivity index (χ3n) is 3.60. The monoisotopic (exact) mass is 411 g/mol. The Kier molecular flexibility index (Phi) is 6.55. The van der Waals surface area contributed by atoms with Crippen molar-refractivity contribution in [3.63, 3.8) is 0 Å². The van der Waals surface area contributed by atoms with Gasteiger partial charge in [-0.2, -0.15) is 0 Å². The molecule has 2 amide bonds. The Balaban J connectivity index is 2.20. The smallest absolute Gasteiger partial charge is 0.276 e. The van der Waals surface area contributed by atoms with Crippen LogP contribution in [0.3, 0.4) is 0 Å². The number of aromatic nitrogens is 1. The summed E-state index contributed by atoms with van der Waals surface area (Å²) in [6.45, 7) is 2.59. The number of nitrogens with one attached hydrogen (secondary N) is 3. The molecule has 0 unspecified atom stereocenters. The van der Waals surface area contributed by atoms with Crippen LogP contribution >= 0.6 is 0 Å². The second kappa shape index (κ2) is 8.87. The molecule has 0 aliphatic rings. The average Bonchev–Trinajstić information content (AvgIpc) is 2.62. The molecule has 29 heavy (non-hydrogen) atoms. The Morgan fingerprint density at radius 2 is 1.79 bits per heavy atom. The van der Waals surface area contributed by atoms with E-state index >= 15 is 0 Å². The van der Waals surface area contributed by atoms with E-state index in [2.05, 4.69) is 16.9 Å². The molecule has 7 nitrogen and oxygen atoms in total. The van der Waals surface area contributed by atoms with Gasteiger partial charge >= 0.3 is 0 Å². The number of rotatable bonds is 6. The van der Waals surface area contributed by atoms with Gasteiger partial charge in [-0.05, 0) is 6.08 Å². The van der Waals surface area contributed by atoms with Crippen LogP contribution in [0.5, 0.6) is 5.75 Å². The van der Waals surface area contributed by atoms with Crippen molar-refractivity contribution in [3.05, 3.63) is 87.5 Å². The van der Waals surface area contributed by atoms with Crippen LogP contribution in [0.15, 0.2) is 47.8 Å². The summed E-state index contributed by atoms with van der Waals surface area (Å²) in [6.07, 6.45) is 1.70. The Morgan fingerprint density at radius 3 is 2.38 bits per heavy atom. The lowest BCUT2D eigenvalue weighted by molar-refractivity contribution is 0.0937. The number of aromatic hydroxyl groups is 1. The number of carbonyl (C=O) groups is 2. The summed E-state index contributed by atoms with van der Waals surface area (Å²) in [5, 5.41) is 14.0. The van der Waals surface area contributed by atoms with Gasteiger partial charge < -0.3 is 20.7 Å². The van der Waals surface area contributed by atoms with Crippen LogP contribution in [0.2, 0.25) is 0 Å². The lowest BCUT2D eigenvalue weighted by Crippen LogP contribution is -2.31. The van der Waals surface area contributed by atoms with Crippen LogP contribution in [0.1, 0.15) is 26.4 Å². The zero-order valence-electron chi connectivity index (χ0n) is 14.5. The third kappa shape index (κ3) is 4.89. The maximum absolute atomic E-state index is 13.6. The van der Waals surface area contributed by atoms with Crippen molar-refractivity contribution in [1.82, 2.24) is 15.6 Å². The molecule has 1 heterocycles. The van der Waals surface area contributed by atoms with Crippen LogP contribution in [-0.4, -0.2) is 21.9 Å². The number of benzene rings is 1. The second-order valence-electron chi connectivity index (χ2n) is 5.56. The average molecular weight is 411 g/mol. The van der Waals surface area contributed by atoms with E-state index in [-0.39, 0.29) is 12.0 Å². The van der Waals surface area contributed by atoms with E-state index in [1.165, 1.54) is 0 Å². The second-order valence-corrected chi connectivity index (χ2v) is 5.56. The normalized spacial score (nSPS) is 10.8. The van der Waals surface area contributed by atoms with Crippen molar-refractivity contribution in [3.8, 4) is 5.75 Å². The number of H-pyrrole nitrogens is 1. The summed E-state index contributed by atoms with van der Waals surface area (Å²) in [7, 11) is 0. The number of amides is 2. The largest absolute Gasteiger partial charge is 0.503 e. The first-order chi connectivity index (χ1) is 13.6. The standard InChI is InChI=1S/C18H13F4N3O4/c1-8(2-3-19)25-18(29)14-16(27)15(26)11(7-23-14)17(28)24-6-10-12(21)4-9(20)5-13(10)22/h2-5,7,27H,1,6H2,(H,23,26)(H,24,28)(H,25,29)/b3-2+. The fourth-order valence-electron chi connectivity index (χ4n) is 2.19. The molecule has 0 fully saturated rings. The Morgan fingerprint density at radius 1 is 1.17 bits per heavy atom. The van der Waals surface area contributed by atoms with E-state index in [0.29, 0.717) is 12.1 Å². The Labute approximate surface area is 160 Å². The molecule has 0 aliphatic carbocycles. The van der Waals surface area contributed by atoms with Gasteiger partial charge in [0.1, 0.15) is 23.0 Å². The van der Waals surface area contributed by atoms with Gasteiger partial charge in [-0.3, -0.25) is 14.4 Å². The van der Waals surface area contributed by atoms with Crippen molar-refractivity contribution < 1.29 is 32.3 Å². The molecule has 0 spiro atoms. The number of hydrogen-bond acceptors (Lipinski definition) is 4. The van der Waals surface area contributed by atoms with Crippen LogP contribution in [0.25, 0.3) is 0 Å². The van der Waals surface area contributed by atoms with E-state index in [1.54, 1.807) is 0 Å². The van der Waals surface area contributed by atoms with E-state index in [1.807, 2.05) is 5.32 Å². The SMILES string of the molecule is C=C(/C=C/F)NC(=O)c1[nH]cc(C(=O)NCc2c(F)cc(F)cc2F)c(=O)c1O. The number of pyridine rings is 1. The van der Waals surface area contributed by atoms with Gasteiger partial charge in [-0.15, -0.1) is 0 Å². The highest BCUT2D eigenvalue weighted by Crippen LogP contribution is 2.15. The molecule has 4 N–H and O–H groups in total. The van der Waals surface area contributed by atoms with E-state index in [4.69, 9.17) is 0 Å². The predicted molar refractivity (Wildman–Crippen MR) is 93.1 cm³/mol. The highest BCUT2D eigenvalue weighted by molar-refractivity contribution is 5.98. The first kappa shape index (κ1) is 21.4. The lowest BCUT2D eigenvalue weighted by atomic mass is 10.1. The van der Waals surface area contributed by atoms with Gasteiger partial charge in [-0.25, -0.2) is 17.6 Å². The number of carbonyl (C=O) groups excluding carboxylic acids is 2. The summed E-state index contributed by atoms with van der Waals surface area (Å²) in [4.78, 5) is 38.4. The molecule has 2 rings (SSSR count). The molecule has 2 aromatic rings. The third-order valence-corrected chi connectivity index (χ3v) is 3.60. The minimum atomic E-state index is -1.25. The highest BCUT2D eigenvalue weighted by Gasteiger charge is 2.21. The van der Waals surface area contributed by atoms with Gasteiger partial charge in [-0.1, -0.05) is 6.58 Å². The van der Waals surface area contributed by atoms with Crippen molar-refractivity contribution in [1.29, 1.82) is 0 Å². The van der Waals surface area contributed by atoms with Crippen molar-refractivity contribution >= 4 is 11.8 Å². The van der Waals surface area contributed by atoms with Crippen molar-refractivity contribution in [2.75, 3.05) is 0 Å². The quantitative estimate of drug-likeness (QED) is 0.431. The zero-order chi connectivity index (χ0) is 21.7. The first-order valence-electron chi connectivity index (χ1n) is 7.79. The van der Waals surface area contributed by atoms with Gasteiger partial charge in [0.25, 0.3) is 11.8 Å². The molecule has 0 radical (unpaired) electrons. The van der Waals surface area contributed by atoms with Crippen LogP contribution in [0.4, 0.5) is 17.6 Å². The fourth-order valence-corrected chi connectivity index (χ4v) is 2.19. The number of allylic oxidation sites excluding steroid dienone is 1. The molecule has 0 aliphatic heterocycles. The zero-order valence-corrected chi connectivity index (χ0v) is 14.5. The van der Waals surface area contributed by atoms with Crippen LogP contribution in [-0.2, 0) is 6.54 Å². The molecular weight excluding hydrogens is 398 g/mol. The molecule has 0 atom stereocenters. The summed E-state index contributed by atoms with van der Waals surface area (Å²) >= 11 is 0. The molecule has 11 heteroatoms. The van der Waals surface area contributed by atoms with E-state index in [0.717, 1.165) is 12.3 Å². The van der Waals surface area contributed by atoms with Gasteiger partial charge in [0.15, 0.2) is 11.4 Å². The van der Waals surface area contributed by atoms with Gasteiger partial charge in [0, 0.05) is 36.1 Å². The molecule has 0 saturated heterocycles. The van der Waals surface area contributed by atoms with Gasteiger partial charge in [0.2, 0.25) is 5.43 Å². The molecule has 0 bridgehead atoms. The maximum Gasteiger partial charge on any atom is 0.276 e. The minimum absolute atomic E-state index is 0.103. The molecule has 0 saturated carbocycles. The molecular formula is C18H13F4N3O4. The Bertz CT molecular complexity index is 1060. The molecule has 1 aromatic carbocycles. The minimum Gasteiger partial charge on any atom is -0.503 e. The number of hydrogen-bond donors (Lipinski definition) is 4. The van der Waals surface area contributed by atoms with Gasteiger partial charge in [0.05, 0.1) is 6.33 Å². The molecule has 152 valence electrons. The predicted octanol–water partition coefficient (Wildman–Crippen LogP) is 2.15. The fraction of sp³-hybridized carbons (Fsp3) is 0.0556. The summed E-state index contributed by atoms with van der Waals surface area (Å²) < 4.78 is 52.1.